The van der Waals surface area contributed by atoms with Gasteiger partial charge in [0, 0.05) is 40.5 Å². The Labute approximate surface area is 848 Å². The molecule has 8 rings (SSSR count). The molecule has 29 N–H and O–H groups in total. The average Bonchev–Trinajstić information content (AvgIpc) is 0.744. The zero-order chi connectivity index (χ0) is 107. The van der Waals surface area contributed by atoms with E-state index in [0.717, 1.165) is 91.9 Å². The number of nitrogens with one attached hydrogen (secondary N) is 5. The van der Waals surface area contributed by atoms with Crippen LogP contribution in [0.1, 0.15) is 228 Å². The molecule has 0 radical (unpaired) electrons. The molecule has 0 aromatic carbocycles. The number of hydrogen-bond donors (Lipinski definition) is 29. The SMILES string of the molecule is CCCCCCCCCCCCC/C=C/[C@@H](O)[C@H](CO[C@@H]1OC(CO)[C@@H](O[C@@H]2OC(CO[C@@H]3OC(CO)[C@@H](O[C@@H]4OC(CO)[C@H](O[C@@H]5OC(CO)[C@H](O)[C@H](O)C5NC(C)=O)[C@H](O[C@]5(C(=O)O)CC(O)[C@@H](NC(C)=O)C([C@H](O)[C@H](O)CO)O5)C4O)[C@H](O)C3NC(C)=O)[C@H](O)[C@H](O[C@@H]3OC(CO)[C@H](O)[C@H](O[C@@H]4OC(CO)[C@H](O)[C@H](O)C4NC(C)=O)C3O)C2O)[C@H](O)C1O)NC(=O)CCCCCCCCCCCCCCCCC. The summed E-state index contributed by atoms with van der Waals surface area (Å²) in [6, 6.07) is -8.65. The third-order valence-corrected chi connectivity index (χ3v) is 27.7. The molecule has 8 saturated heterocycles. The normalized spacial score (nSPS) is 38.0. The fraction of sp³-hybridized carbons (Fsp3) is 0.916. The van der Waals surface area contributed by atoms with Gasteiger partial charge >= 0.3 is 5.97 Å². The van der Waals surface area contributed by atoms with Crippen molar-refractivity contribution in [3.8, 4) is 0 Å². The van der Waals surface area contributed by atoms with Crippen LogP contribution in [0.4, 0.5) is 0 Å². The Morgan fingerprint density at radius 1 is 0.363 bits per heavy atom. The average molecular weight is 2120 g/mol. The van der Waals surface area contributed by atoms with E-state index in [1.165, 1.54) is 102 Å². The van der Waals surface area contributed by atoms with Gasteiger partial charge in [-0.3, -0.25) is 24.0 Å². The second-order valence-electron chi connectivity index (χ2n) is 39.2. The number of carbonyl (C=O) groups is 6. The number of aliphatic hydroxyl groups excluding tert-OH is 23. The molecule has 43 atom stereocenters. The van der Waals surface area contributed by atoms with Gasteiger partial charge in [0.1, 0.15) is 189 Å². The predicted octanol–water partition coefficient (Wildman–Crippen LogP) is -7.28. The van der Waals surface area contributed by atoms with Crippen molar-refractivity contribution in [1.29, 1.82) is 0 Å². The first-order chi connectivity index (χ1) is 69.7. The second kappa shape index (κ2) is 63.7. The Morgan fingerprint density at radius 3 is 1.16 bits per heavy atom. The van der Waals surface area contributed by atoms with Gasteiger partial charge < -0.3 is 225 Å². The molecule has 51 nitrogen and oxygen atoms in total. The number of aliphatic hydroxyl groups is 23. The monoisotopic (exact) mass is 2110 g/mol. The first-order valence-corrected chi connectivity index (χ1v) is 51.6. The molecular formula is C95H167N5O46. The number of ether oxygens (including phenoxy) is 16. The van der Waals surface area contributed by atoms with Crippen molar-refractivity contribution in [2.75, 3.05) is 59.5 Å². The van der Waals surface area contributed by atoms with Gasteiger partial charge in [-0.15, -0.1) is 0 Å². The zero-order valence-electron chi connectivity index (χ0n) is 84.0. The molecule has 0 spiro atoms. The maximum absolute atomic E-state index is 13.9. The number of aliphatic carboxylic acids is 1. The van der Waals surface area contributed by atoms with Crippen LogP contribution in [0.2, 0.25) is 0 Å². The van der Waals surface area contributed by atoms with E-state index in [4.69, 9.17) is 75.8 Å². The van der Waals surface area contributed by atoms with Crippen molar-refractivity contribution in [2.24, 2.45) is 0 Å². The van der Waals surface area contributed by atoms with Crippen molar-refractivity contribution in [2.45, 2.75) is 491 Å². The minimum absolute atomic E-state index is 0.0877. The molecule has 146 heavy (non-hydrogen) atoms. The van der Waals surface area contributed by atoms with Crippen molar-refractivity contribution in [3.63, 3.8) is 0 Å². The van der Waals surface area contributed by atoms with E-state index in [1.807, 2.05) is 0 Å². The van der Waals surface area contributed by atoms with E-state index < -0.39 is 365 Å². The summed E-state index contributed by atoms with van der Waals surface area (Å²) in [5.74, 6) is -9.77. The zero-order valence-corrected chi connectivity index (χ0v) is 84.0. The van der Waals surface area contributed by atoms with E-state index in [0.29, 0.717) is 12.8 Å². The van der Waals surface area contributed by atoms with Crippen LogP contribution < -0.4 is 26.6 Å². The third kappa shape index (κ3) is 35.8. The van der Waals surface area contributed by atoms with Crippen LogP contribution in [0.5, 0.6) is 0 Å². The molecular weight excluding hydrogens is 1950 g/mol. The van der Waals surface area contributed by atoms with E-state index in [1.54, 1.807) is 6.08 Å². The fourth-order valence-corrected chi connectivity index (χ4v) is 19.5. The van der Waals surface area contributed by atoms with Crippen LogP contribution >= 0.6 is 0 Å². The van der Waals surface area contributed by atoms with Gasteiger partial charge in [-0.2, -0.15) is 0 Å². The summed E-state index contributed by atoms with van der Waals surface area (Å²) in [5, 5.41) is 287. The molecule has 848 valence electrons. The van der Waals surface area contributed by atoms with Crippen LogP contribution in [0.3, 0.4) is 0 Å². The van der Waals surface area contributed by atoms with Gasteiger partial charge in [0.25, 0.3) is 5.79 Å². The molecule has 8 fully saturated rings. The number of hydrogen-bond acceptors (Lipinski definition) is 45. The summed E-state index contributed by atoms with van der Waals surface area (Å²) in [6.45, 7) is -1.67. The number of carboxylic acids is 1. The van der Waals surface area contributed by atoms with Crippen molar-refractivity contribution < 1.29 is 227 Å². The van der Waals surface area contributed by atoms with Crippen LogP contribution in [0.15, 0.2) is 12.2 Å². The molecule has 51 heteroatoms. The topological polar surface area (TPSA) is 796 Å². The van der Waals surface area contributed by atoms with E-state index in [2.05, 4.69) is 40.4 Å². The third-order valence-electron chi connectivity index (χ3n) is 27.7. The standard InChI is InChI=1S/C95H167N5O46/c1-7-9-11-13-15-17-19-21-22-24-26-28-30-32-34-36-62(115)100-51(52(112)35-33-31-29-27-25-23-20-18-16-14-12-10-8-2)45-131-90-76(125)75(124)81(59(43-106)137-90)141-92-78(127)85(144-91-77(126)84(70(119)57(41-104)135-91)143-89-65(98-49(5)110)73(122)69(118)56(40-103)134-89)71(120)61(139-92)46-132-87-66(99-50(6)111)74(123)80(58(42-105)136-87)140-93-79(128)86(82(60(44-107)138-93)142-88-64(97-48(4)109)72(121)68(117)55(39-102)133-88)146-95(94(129)130)37-53(113)63(96-47(3)108)83(145-95)67(116)54(114)38-101/h33,35,51-61,63-93,101-107,112-114,116-128H,7-32,34,36-46H2,1-6H3,(H,96,108)(H,97,109)(H,98,110)(H,99,111)(H,100,115)(H,129,130)/b35-33+/t51-,52+,53?,54+,55?,56?,57?,58?,59?,60?,61?,63+,64?,65?,66?,67+,68-,69-,70-,71-,72+,73+,74+,75+,76?,77?,78?,79?,80+,81+,82-,83?,84-,85-,86+,87+,88-,89-,90+,91-,92-,93-,95-/m0/s1. The van der Waals surface area contributed by atoms with E-state index in [-0.39, 0.29) is 6.42 Å². The first kappa shape index (κ1) is 126. The number of amides is 5. The minimum Gasteiger partial charge on any atom is -0.477 e. The summed E-state index contributed by atoms with van der Waals surface area (Å²) >= 11 is 0. The molecule has 0 aromatic rings. The quantitative estimate of drug-likeness (QED) is 0.0199. The molecule has 8 aliphatic heterocycles. The summed E-state index contributed by atoms with van der Waals surface area (Å²) < 4.78 is 97.0. The van der Waals surface area contributed by atoms with Gasteiger partial charge in [-0.1, -0.05) is 180 Å². The van der Waals surface area contributed by atoms with Crippen LogP contribution in [-0.4, -0.2) is 481 Å². The largest absolute Gasteiger partial charge is 0.477 e. The van der Waals surface area contributed by atoms with Gasteiger partial charge in [0.05, 0.1) is 83.8 Å². The molecule has 8 aliphatic rings. The maximum Gasteiger partial charge on any atom is 0.364 e. The highest BCUT2D eigenvalue weighted by Gasteiger charge is 2.64. The van der Waals surface area contributed by atoms with Gasteiger partial charge in [0.15, 0.2) is 44.0 Å². The predicted molar refractivity (Wildman–Crippen MR) is 499 cm³/mol. The number of carbonyl (C=O) groups excluding carboxylic acids is 5. The summed E-state index contributed by atoms with van der Waals surface area (Å²) in [4.78, 5) is 78.9. The second-order valence-corrected chi connectivity index (χ2v) is 39.2. The lowest BCUT2D eigenvalue weighted by Crippen LogP contribution is -2.72. The van der Waals surface area contributed by atoms with Crippen LogP contribution in [0.25, 0.3) is 0 Å². The van der Waals surface area contributed by atoms with Gasteiger partial charge in [-0.05, 0) is 19.3 Å². The highest BCUT2D eigenvalue weighted by Crippen LogP contribution is 2.43. The molecule has 8 heterocycles. The number of rotatable bonds is 63. The lowest BCUT2D eigenvalue weighted by molar-refractivity contribution is -0.400. The smallest absolute Gasteiger partial charge is 0.364 e. The number of carboxylic acid groups (broad SMARTS) is 1. The highest BCUT2D eigenvalue weighted by molar-refractivity contribution is 5.77. The number of allylic oxidation sites excluding steroid dienone is 1. The molecule has 0 bridgehead atoms. The van der Waals surface area contributed by atoms with Gasteiger partial charge in [-0.25, -0.2) is 4.79 Å². The Kier molecular flexibility index (Phi) is 55.1. The van der Waals surface area contributed by atoms with Crippen LogP contribution in [-0.2, 0) is 105 Å². The molecule has 0 saturated carbocycles. The summed E-state index contributed by atoms with van der Waals surface area (Å²) in [7, 11) is 0. The maximum atomic E-state index is 13.9. The summed E-state index contributed by atoms with van der Waals surface area (Å²) in [5.41, 5.74) is 0. The first-order valence-electron chi connectivity index (χ1n) is 51.6. The lowest BCUT2D eigenvalue weighted by atomic mass is 9.88. The highest BCUT2D eigenvalue weighted by atomic mass is 16.8. The van der Waals surface area contributed by atoms with Crippen molar-refractivity contribution in [3.05, 3.63) is 12.2 Å². The molecule has 5 amide bonds. The molecule has 0 aliphatic carbocycles. The van der Waals surface area contributed by atoms with Crippen molar-refractivity contribution >= 4 is 35.5 Å². The minimum atomic E-state index is -3.46. The van der Waals surface area contributed by atoms with E-state index in [9.17, 15) is 151 Å². The van der Waals surface area contributed by atoms with Crippen molar-refractivity contribution in [1.82, 2.24) is 26.6 Å². The Bertz CT molecular complexity index is 3780. The summed E-state index contributed by atoms with van der Waals surface area (Å²) in [6.07, 6.45) is -48.0. The van der Waals surface area contributed by atoms with Gasteiger partial charge in [0.2, 0.25) is 29.5 Å². The Balaban J connectivity index is 1.07. The molecule has 16 unspecified atom stereocenters. The fourth-order valence-electron chi connectivity index (χ4n) is 19.5. The molecule has 0 aromatic heterocycles. The Hall–Kier alpha value is -5.00. The lowest BCUT2D eigenvalue weighted by Gasteiger charge is -2.52. The number of unbranched alkanes of at least 4 members (excludes halogenated alkanes) is 25. The van der Waals surface area contributed by atoms with E-state index >= 15 is 0 Å². The van der Waals surface area contributed by atoms with Crippen LogP contribution in [0, 0.1) is 0 Å². The Morgan fingerprint density at radius 2 is 0.719 bits per heavy atom.